The summed E-state index contributed by atoms with van der Waals surface area (Å²) in [5.74, 6) is 0. The van der Waals surface area contributed by atoms with Gasteiger partial charge in [0.1, 0.15) is 11.0 Å². The average Bonchev–Trinajstić information content (AvgIpc) is 2.37. The van der Waals surface area contributed by atoms with Gasteiger partial charge in [0.2, 0.25) is 0 Å². The van der Waals surface area contributed by atoms with E-state index < -0.39 is 10.0 Å². The molecular formula is C13H7Cl3N2O2S. The van der Waals surface area contributed by atoms with Gasteiger partial charge in [0, 0.05) is 5.02 Å². The molecule has 0 atom stereocenters. The fraction of sp³-hybridized carbons (Fsp3) is 0. The highest BCUT2D eigenvalue weighted by molar-refractivity contribution is 7.93. The highest BCUT2D eigenvalue weighted by Gasteiger charge is 2.22. The first-order chi connectivity index (χ1) is 9.85. The fourth-order valence-electron chi connectivity index (χ4n) is 1.63. The van der Waals surface area contributed by atoms with Gasteiger partial charge in [-0.25, -0.2) is 8.42 Å². The second-order valence-electron chi connectivity index (χ2n) is 3.96. The van der Waals surface area contributed by atoms with E-state index in [2.05, 4.69) is 4.72 Å². The van der Waals surface area contributed by atoms with Crippen LogP contribution in [0.25, 0.3) is 0 Å². The summed E-state index contributed by atoms with van der Waals surface area (Å²) in [5, 5.41) is 9.26. The highest BCUT2D eigenvalue weighted by Crippen LogP contribution is 2.31. The van der Waals surface area contributed by atoms with E-state index in [0.717, 1.165) is 0 Å². The first kappa shape index (κ1) is 15.9. The second kappa shape index (κ2) is 6.12. The fourth-order valence-corrected chi connectivity index (χ4v) is 4.02. The van der Waals surface area contributed by atoms with Gasteiger partial charge in [-0.05, 0) is 30.3 Å². The number of anilines is 1. The van der Waals surface area contributed by atoms with Gasteiger partial charge in [-0.3, -0.25) is 4.72 Å². The van der Waals surface area contributed by atoms with Crippen molar-refractivity contribution in [3.05, 3.63) is 57.0 Å². The molecule has 0 bridgehead atoms. The van der Waals surface area contributed by atoms with Gasteiger partial charge in [-0.1, -0.05) is 40.9 Å². The summed E-state index contributed by atoms with van der Waals surface area (Å²) in [5.41, 5.74) is 0.187. The number of hydrogen-bond donors (Lipinski definition) is 1. The third kappa shape index (κ3) is 3.42. The van der Waals surface area contributed by atoms with E-state index in [9.17, 15) is 8.42 Å². The summed E-state index contributed by atoms with van der Waals surface area (Å²) in [7, 11) is -4.05. The molecule has 2 rings (SSSR count). The molecule has 0 saturated heterocycles. The van der Waals surface area contributed by atoms with E-state index >= 15 is 0 Å². The molecule has 2 aromatic carbocycles. The Balaban J connectivity index is 2.53. The van der Waals surface area contributed by atoms with Crippen LogP contribution in [0, 0.1) is 11.3 Å². The molecule has 0 aliphatic carbocycles. The van der Waals surface area contributed by atoms with Gasteiger partial charge in [-0.15, -0.1) is 0 Å². The Morgan fingerprint density at radius 2 is 1.67 bits per heavy atom. The number of nitriles is 1. The van der Waals surface area contributed by atoms with Crippen LogP contribution in [0.1, 0.15) is 5.56 Å². The minimum absolute atomic E-state index is 0.0180. The molecule has 21 heavy (non-hydrogen) atoms. The van der Waals surface area contributed by atoms with Gasteiger partial charge < -0.3 is 0 Å². The molecule has 0 saturated carbocycles. The predicted molar refractivity (Wildman–Crippen MR) is 83.4 cm³/mol. The standard InChI is InChI=1S/C13H7Cl3N2O2S/c14-9-5-4-8(7-17)12(6-9)18-21(19,20)13-10(15)2-1-3-11(13)16/h1-6,18H. The maximum atomic E-state index is 12.4. The van der Waals surface area contributed by atoms with E-state index in [0.29, 0.717) is 0 Å². The van der Waals surface area contributed by atoms with Crippen LogP contribution < -0.4 is 4.72 Å². The van der Waals surface area contributed by atoms with E-state index in [1.807, 2.05) is 6.07 Å². The molecule has 0 unspecified atom stereocenters. The molecule has 0 spiro atoms. The first-order valence-electron chi connectivity index (χ1n) is 5.51. The van der Waals surface area contributed by atoms with Crippen LogP contribution in [0.2, 0.25) is 15.1 Å². The van der Waals surface area contributed by atoms with E-state index in [1.54, 1.807) is 0 Å². The third-order valence-corrected chi connectivity index (χ3v) is 5.09. The van der Waals surface area contributed by atoms with Crippen molar-refractivity contribution in [2.24, 2.45) is 0 Å². The topological polar surface area (TPSA) is 70.0 Å². The molecule has 0 amide bonds. The summed E-state index contributed by atoms with van der Waals surface area (Å²) in [6.07, 6.45) is 0. The number of benzene rings is 2. The molecule has 0 heterocycles. The quantitative estimate of drug-likeness (QED) is 0.885. The number of hydrogen-bond acceptors (Lipinski definition) is 3. The molecule has 8 heteroatoms. The Morgan fingerprint density at radius 1 is 1.05 bits per heavy atom. The normalized spacial score (nSPS) is 11.0. The summed E-state index contributed by atoms with van der Waals surface area (Å²) in [6, 6.07) is 10.5. The van der Waals surface area contributed by atoms with Crippen molar-refractivity contribution in [2.75, 3.05) is 4.72 Å². The van der Waals surface area contributed by atoms with Crippen molar-refractivity contribution in [3.63, 3.8) is 0 Å². The summed E-state index contributed by atoms with van der Waals surface area (Å²) in [4.78, 5) is -0.253. The van der Waals surface area contributed by atoms with Crippen molar-refractivity contribution in [1.82, 2.24) is 0 Å². The Labute approximate surface area is 136 Å². The first-order valence-corrected chi connectivity index (χ1v) is 8.13. The highest BCUT2D eigenvalue weighted by atomic mass is 35.5. The van der Waals surface area contributed by atoms with Gasteiger partial charge in [0.15, 0.2) is 0 Å². The summed E-state index contributed by atoms with van der Waals surface area (Å²) < 4.78 is 27.1. The molecule has 0 aliphatic rings. The predicted octanol–water partition coefficient (Wildman–Crippen LogP) is 4.32. The van der Waals surface area contributed by atoms with E-state index in [1.165, 1.54) is 36.4 Å². The number of rotatable bonds is 3. The lowest BCUT2D eigenvalue weighted by Crippen LogP contribution is -2.15. The average molecular weight is 362 g/mol. The Bertz CT molecular complexity index is 825. The van der Waals surface area contributed by atoms with Gasteiger partial charge in [-0.2, -0.15) is 5.26 Å². The second-order valence-corrected chi connectivity index (χ2v) is 6.83. The Hall–Kier alpha value is -1.45. The van der Waals surface area contributed by atoms with Crippen molar-refractivity contribution < 1.29 is 8.42 Å². The van der Waals surface area contributed by atoms with Crippen LogP contribution in [-0.4, -0.2) is 8.42 Å². The molecule has 108 valence electrons. The van der Waals surface area contributed by atoms with Crippen LogP contribution in [0.5, 0.6) is 0 Å². The van der Waals surface area contributed by atoms with Crippen molar-refractivity contribution in [2.45, 2.75) is 4.90 Å². The monoisotopic (exact) mass is 360 g/mol. The van der Waals surface area contributed by atoms with E-state index in [4.69, 9.17) is 40.1 Å². The molecular weight excluding hydrogens is 355 g/mol. The maximum Gasteiger partial charge on any atom is 0.264 e. The van der Waals surface area contributed by atoms with Gasteiger partial charge >= 0.3 is 0 Å². The van der Waals surface area contributed by atoms with Gasteiger partial charge in [0.05, 0.1) is 21.3 Å². The lowest BCUT2D eigenvalue weighted by molar-refractivity contribution is 0.601. The zero-order chi connectivity index (χ0) is 15.6. The minimum Gasteiger partial charge on any atom is -0.278 e. The smallest absolute Gasteiger partial charge is 0.264 e. The minimum atomic E-state index is -4.05. The van der Waals surface area contributed by atoms with Crippen molar-refractivity contribution in [1.29, 1.82) is 5.26 Å². The molecule has 4 nitrogen and oxygen atoms in total. The van der Waals surface area contributed by atoms with Crippen LogP contribution in [0.3, 0.4) is 0 Å². The lowest BCUT2D eigenvalue weighted by Gasteiger charge is -2.12. The third-order valence-electron chi connectivity index (χ3n) is 2.53. The van der Waals surface area contributed by atoms with Crippen LogP contribution in [0.15, 0.2) is 41.3 Å². The number of nitrogens with one attached hydrogen (secondary N) is 1. The Morgan fingerprint density at radius 3 is 2.24 bits per heavy atom. The lowest BCUT2D eigenvalue weighted by atomic mass is 10.2. The van der Waals surface area contributed by atoms with Crippen molar-refractivity contribution in [3.8, 4) is 6.07 Å². The zero-order valence-electron chi connectivity index (χ0n) is 10.3. The molecule has 0 aromatic heterocycles. The SMILES string of the molecule is N#Cc1ccc(Cl)cc1NS(=O)(=O)c1c(Cl)cccc1Cl. The summed E-state index contributed by atoms with van der Waals surface area (Å²) >= 11 is 17.6. The number of halogens is 3. The van der Waals surface area contributed by atoms with Crippen LogP contribution in [-0.2, 0) is 10.0 Å². The Kier molecular flexibility index (Phi) is 4.64. The number of sulfonamides is 1. The zero-order valence-corrected chi connectivity index (χ0v) is 13.4. The molecule has 0 aliphatic heterocycles. The van der Waals surface area contributed by atoms with Gasteiger partial charge in [0.25, 0.3) is 10.0 Å². The molecule has 0 fully saturated rings. The largest absolute Gasteiger partial charge is 0.278 e. The van der Waals surface area contributed by atoms with E-state index in [-0.39, 0.29) is 31.2 Å². The van der Waals surface area contributed by atoms with Crippen LogP contribution >= 0.6 is 34.8 Å². The maximum absolute atomic E-state index is 12.4. The molecule has 0 radical (unpaired) electrons. The number of nitrogens with zero attached hydrogens (tertiary/aromatic N) is 1. The molecule has 1 N–H and O–H groups in total. The van der Waals surface area contributed by atoms with Crippen LogP contribution in [0.4, 0.5) is 5.69 Å². The summed E-state index contributed by atoms with van der Waals surface area (Å²) in [6.45, 7) is 0. The van der Waals surface area contributed by atoms with Crippen molar-refractivity contribution >= 4 is 50.5 Å². The molecule has 2 aromatic rings.